The molecule has 0 aromatic rings. The first-order valence-corrected chi connectivity index (χ1v) is 7.43. The zero-order valence-electron chi connectivity index (χ0n) is 11.9. The van der Waals surface area contributed by atoms with Gasteiger partial charge in [-0.2, -0.15) is 0 Å². The molecule has 1 amide bonds. The Balaban J connectivity index is 2.25. The predicted molar refractivity (Wildman–Crippen MR) is 78.6 cm³/mol. The lowest BCUT2D eigenvalue weighted by atomic mass is 10.2. The first-order chi connectivity index (χ1) is 8.78. The van der Waals surface area contributed by atoms with Crippen LogP contribution in [0.15, 0.2) is 0 Å². The average molecular weight is 288 g/mol. The SMILES string of the molecule is CC(C)(C)OC(=O)N1CCN(CCSC(=N)N)CC1. The Morgan fingerprint density at radius 1 is 1.32 bits per heavy atom. The van der Waals surface area contributed by atoms with Crippen LogP contribution in [-0.4, -0.2) is 65.1 Å². The minimum Gasteiger partial charge on any atom is -0.444 e. The number of amides is 1. The van der Waals surface area contributed by atoms with Crippen LogP contribution in [0, 0.1) is 5.41 Å². The quantitative estimate of drug-likeness (QED) is 0.601. The molecule has 0 atom stereocenters. The predicted octanol–water partition coefficient (Wildman–Crippen LogP) is 1.17. The number of amidine groups is 1. The van der Waals surface area contributed by atoms with Crippen molar-refractivity contribution in [2.24, 2.45) is 5.73 Å². The van der Waals surface area contributed by atoms with Crippen LogP contribution in [0.1, 0.15) is 20.8 Å². The molecule has 1 saturated heterocycles. The molecule has 1 aliphatic rings. The largest absolute Gasteiger partial charge is 0.444 e. The van der Waals surface area contributed by atoms with E-state index in [4.69, 9.17) is 15.9 Å². The molecule has 0 aromatic heterocycles. The molecule has 0 bridgehead atoms. The van der Waals surface area contributed by atoms with Gasteiger partial charge in [-0.05, 0) is 20.8 Å². The van der Waals surface area contributed by atoms with Gasteiger partial charge in [-0.15, -0.1) is 0 Å². The van der Waals surface area contributed by atoms with Crippen molar-refractivity contribution in [1.82, 2.24) is 9.80 Å². The summed E-state index contributed by atoms with van der Waals surface area (Å²) in [6, 6.07) is 0. The van der Waals surface area contributed by atoms with Gasteiger partial charge in [0.2, 0.25) is 0 Å². The van der Waals surface area contributed by atoms with Crippen molar-refractivity contribution in [2.45, 2.75) is 26.4 Å². The Hall–Kier alpha value is -0.950. The number of thioether (sulfide) groups is 1. The number of carbonyl (C=O) groups is 1. The number of hydrogen-bond acceptors (Lipinski definition) is 5. The molecule has 3 N–H and O–H groups in total. The third-order valence-corrected chi connectivity index (χ3v) is 3.39. The lowest BCUT2D eigenvalue weighted by Crippen LogP contribution is -2.50. The summed E-state index contributed by atoms with van der Waals surface area (Å²) < 4.78 is 5.34. The summed E-state index contributed by atoms with van der Waals surface area (Å²) in [6.07, 6.45) is -0.231. The molecular formula is C12H24N4O2S. The highest BCUT2D eigenvalue weighted by atomic mass is 32.2. The molecule has 0 aliphatic carbocycles. The standard InChI is InChI=1S/C12H24N4O2S/c1-12(2,3)18-11(17)16-6-4-15(5-7-16)8-9-19-10(13)14/h4-9H2,1-3H3,(H3,13,14). The highest BCUT2D eigenvalue weighted by Crippen LogP contribution is 2.12. The van der Waals surface area contributed by atoms with Crippen LogP contribution in [0.4, 0.5) is 4.79 Å². The Bertz CT molecular complexity index is 322. The second kappa shape index (κ2) is 7.00. The molecule has 19 heavy (non-hydrogen) atoms. The maximum Gasteiger partial charge on any atom is 0.410 e. The smallest absolute Gasteiger partial charge is 0.410 e. The van der Waals surface area contributed by atoms with Gasteiger partial charge in [0.25, 0.3) is 0 Å². The maximum absolute atomic E-state index is 11.9. The fourth-order valence-electron chi connectivity index (χ4n) is 1.77. The second-order valence-electron chi connectivity index (χ2n) is 5.52. The molecule has 1 aliphatic heterocycles. The minimum absolute atomic E-state index is 0.160. The van der Waals surface area contributed by atoms with Gasteiger partial charge in [0.15, 0.2) is 5.17 Å². The third kappa shape index (κ3) is 6.68. The third-order valence-electron chi connectivity index (χ3n) is 2.69. The van der Waals surface area contributed by atoms with E-state index in [-0.39, 0.29) is 11.3 Å². The van der Waals surface area contributed by atoms with Crippen LogP contribution < -0.4 is 5.73 Å². The Morgan fingerprint density at radius 2 is 1.89 bits per heavy atom. The van der Waals surface area contributed by atoms with E-state index in [0.717, 1.165) is 25.4 Å². The van der Waals surface area contributed by atoms with Gasteiger partial charge < -0.3 is 15.4 Å². The normalized spacial score (nSPS) is 17.3. The van der Waals surface area contributed by atoms with E-state index >= 15 is 0 Å². The van der Waals surface area contributed by atoms with Crippen LogP contribution in [0.25, 0.3) is 0 Å². The molecule has 0 saturated carbocycles. The number of ether oxygens (including phenoxy) is 1. The van der Waals surface area contributed by atoms with Crippen molar-refractivity contribution in [1.29, 1.82) is 5.41 Å². The molecule has 0 spiro atoms. The lowest BCUT2D eigenvalue weighted by Gasteiger charge is -2.35. The fourth-order valence-corrected chi connectivity index (χ4v) is 2.33. The number of nitrogens with two attached hydrogens (primary N) is 1. The van der Waals surface area contributed by atoms with Crippen molar-refractivity contribution in [3.63, 3.8) is 0 Å². The van der Waals surface area contributed by atoms with E-state index in [1.807, 2.05) is 20.8 Å². The van der Waals surface area contributed by atoms with Crippen LogP contribution in [0.5, 0.6) is 0 Å². The van der Waals surface area contributed by atoms with Crippen LogP contribution in [0.3, 0.4) is 0 Å². The summed E-state index contributed by atoms with van der Waals surface area (Å²) in [5.74, 6) is 0.821. The summed E-state index contributed by atoms with van der Waals surface area (Å²) in [5.41, 5.74) is 4.85. The van der Waals surface area contributed by atoms with E-state index in [0.29, 0.717) is 13.1 Å². The van der Waals surface area contributed by atoms with E-state index in [1.165, 1.54) is 11.8 Å². The van der Waals surface area contributed by atoms with Crippen LogP contribution in [-0.2, 0) is 4.74 Å². The Morgan fingerprint density at radius 3 is 2.37 bits per heavy atom. The maximum atomic E-state index is 11.9. The molecule has 110 valence electrons. The van der Waals surface area contributed by atoms with E-state index in [9.17, 15) is 4.79 Å². The summed E-state index contributed by atoms with van der Waals surface area (Å²) in [4.78, 5) is 15.9. The monoisotopic (exact) mass is 288 g/mol. The van der Waals surface area contributed by atoms with E-state index in [2.05, 4.69) is 4.90 Å². The van der Waals surface area contributed by atoms with Crippen molar-refractivity contribution in [3.05, 3.63) is 0 Å². The number of rotatable bonds is 3. The number of nitrogens with zero attached hydrogens (tertiary/aromatic N) is 2. The van der Waals surface area contributed by atoms with Gasteiger partial charge in [0.1, 0.15) is 5.60 Å². The fraction of sp³-hybridized carbons (Fsp3) is 0.833. The Kier molecular flexibility index (Phi) is 5.93. The summed E-state index contributed by atoms with van der Waals surface area (Å²) in [7, 11) is 0. The molecule has 0 aromatic carbocycles. The molecular weight excluding hydrogens is 264 g/mol. The van der Waals surface area contributed by atoms with Gasteiger partial charge in [-0.25, -0.2) is 4.79 Å². The molecule has 1 heterocycles. The molecule has 6 nitrogen and oxygen atoms in total. The first-order valence-electron chi connectivity index (χ1n) is 6.45. The molecule has 1 fully saturated rings. The first kappa shape index (κ1) is 16.1. The Labute approximate surface area is 119 Å². The summed E-state index contributed by atoms with van der Waals surface area (Å²) in [6.45, 7) is 9.60. The number of hydrogen-bond donors (Lipinski definition) is 2. The number of nitrogens with one attached hydrogen (secondary N) is 1. The summed E-state index contributed by atoms with van der Waals surface area (Å²) >= 11 is 1.35. The van der Waals surface area contributed by atoms with Crippen molar-refractivity contribution < 1.29 is 9.53 Å². The highest BCUT2D eigenvalue weighted by Gasteiger charge is 2.25. The van der Waals surface area contributed by atoms with E-state index in [1.54, 1.807) is 4.90 Å². The molecule has 7 heteroatoms. The van der Waals surface area contributed by atoms with Crippen molar-refractivity contribution in [3.8, 4) is 0 Å². The highest BCUT2D eigenvalue weighted by molar-refractivity contribution is 8.13. The number of piperazine rings is 1. The van der Waals surface area contributed by atoms with Gasteiger partial charge in [0.05, 0.1) is 0 Å². The zero-order valence-corrected chi connectivity index (χ0v) is 12.8. The van der Waals surface area contributed by atoms with Crippen molar-refractivity contribution in [2.75, 3.05) is 38.5 Å². The van der Waals surface area contributed by atoms with Crippen molar-refractivity contribution >= 4 is 23.0 Å². The lowest BCUT2D eigenvalue weighted by molar-refractivity contribution is 0.0150. The van der Waals surface area contributed by atoms with Crippen LogP contribution >= 0.6 is 11.8 Å². The van der Waals surface area contributed by atoms with Gasteiger partial charge in [-0.3, -0.25) is 10.3 Å². The second-order valence-corrected chi connectivity index (χ2v) is 6.66. The van der Waals surface area contributed by atoms with E-state index < -0.39 is 5.60 Å². The minimum atomic E-state index is -0.438. The molecule has 0 radical (unpaired) electrons. The zero-order chi connectivity index (χ0) is 14.5. The van der Waals surface area contributed by atoms with Gasteiger partial charge in [0, 0.05) is 38.5 Å². The van der Waals surface area contributed by atoms with Gasteiger partial charge in [-0.1, -0.05) is 11.8 Å². The molecule has 1 rings (SSSR count). The number of carbonyl (C=O) groups excluding carboxylic acids is 1. The molecule has 0 unspecified atom stereocenters. The van der Waals surface area contributed by atoms with Crippen LogP contribution in [0.2, 0.25) is 0 Å². The topological polar surface area (TPSA) is 82.7 Å². The van der Waals surface area contributed by atoms with Gasteiger partial charge >= 0.3 is 6.09 Å². The summed E-state index contributed by atoms with van der Waals surface area (Å²) in [5, 5.41) is 7.30. The average Bonchev–Trinajstić information content (AvgIpc) is 2.27.